The number of carbonyl (C=O) groups excluding carboxylic acids is 2. The molecule has 2 aromatic rings. The molecule has 2 fully saturated rings. The van der Waals surface area contributed by atoms with Gasteiger partial charge in [-0.2, -0.15) is 5.10 Å². The summed E-state index contributed by atoms with van der Waals surface area (Å²) < 4.78 is 1.68. The zero-order valence-electron chi connectivity index (χ0n) is 13.5. The van der Waals surface area contributed by atoms with Crippen LogP contribution < -0.4 is 5.32 Å². The van der Waals surface area contributed by atoms with Crippen LogP contribution in [0.1, 0.15) is 37.7 Å². The van der Waals surface area contributed by atoms with Gasteiger partial charge in [0.15, 0.2) is 5.65 Å². The van der Waals surface area contributed by atoms with E-state index < -0.39 is 0 Å². The van der Waals surface area contributed by atoms with E-state index in [1.165, 1.54) is 12.8 Å². The zero-order valence-corrected chi connectivity index (χ0v) is 13.5. The SMILES string of the molecule is O=C(NCc1cnn2cccnc12)[C@H]1CC(=O)N(C2CCCC2)C1. The number of nitrogens with zero attached hydrogens (tertiary/aromatic N) is 4. The Labute approximate surface area is 140 Å². The van der Waals surface area contributed by atoms with Gasteiger partial charge in [0.05, 0.1) is 12.1 Å². The summed E-state index contributed by atoms with van der Waals surface area (Å²) in [6.45, 7) is 0.940. The van der Waals surface area contributed by atoms with E-state index in [9.17, 15) is 9.59 Å². The number of hydrogen-bond donors (Lipinski definition) is 1. The summed E-state index contributed by atoms with van der Waals surface area (Å²) in [5, 5.41) is 7.15. The smallest absolute Gasteiger partial charge is 0.225 e. The van der Waals surface area contributed by atoms with Crippen LogP contribution in [0.15, 0.2) is 24.7 Å². The Bertz CT molecular complexity index is 765. The van der Waals surface area contributed by atoms with Crippen LogP contribution in [0.3, 0.4) is 0 Å². The molecule has 1 aliphatic heterocycles. The van der Waals surface area contributed by atoms with E-state index in [4.69, 9.17) is 0 Å². The van der Waals surface area contributed by atoms with Crippen LogP contribution in [-0.4, -0.2) is 43.9 Å². The molecule has 1 saturated heterocycles. The molecule has 7 heteroatoms. The van der Waals surface area contributed by atoms with Crippen molar-refractivity contribution in [2.24, 2.45) is 5.92 Å². The molecule has 2 aromatic heterocycles. The van der Waals surface area contributed by atoms with Crippen molar-refractivity contribution in [3.63, 3.8) is 0 Å². The molecule has 2 aliphatic rings. The molecule has 1 saturated carbocycles. The van der Waals surface area contributed by atoms with Crippen molar-refractivity contribution in [2.75, 3.05) is 6.54 Å². The van der Waals surface area contributed by atoms with Gasteiger partial charge in [-0.3, -0.25) is 9.59 Å². The molecule has 0 unspecified atom stereocenters. The van der Waals surface area contributed by atoms with Crippen molar-refractivity contribution in [1.82, 2.24) is 24.8 Å². The average molecular weight is 327 g/mol. The van der Waals surface area contributed by atoms with E-state index in [2.05, 4.69) is 15.4 Å². The molecule has 0 spiro atoms. The van der Waals surface area contributed by atoms with Gasteiger partial charge in [-0.05, 0) is 18.9 Å². The Morgan fingerprint density at radius 2 is 2.17 bits per heavy atom. The van der Waals surface area contributed by atoms with Crippen LogP contribution in [0, 0.1) is 5.92 Å². The minimum atomic E-state index is -0.243. The minimum absolute atomic E-state index is 0.0564. The van der Waals surface area contributed by atoms with Crippen LogP contribution in [0.5, 0.6) is 0 Å². The lowest BCUT2D eigenvalue weighted by atomic mass is 10.1. The van der Waals surface area contributed by atoms with E-state index in [0.717, 1.165) is 24.1 Å². The van der Waals surface area contributed by atoms with E-state index in [1.807, 2.05) is 17.2 Å². The summed E-state index contributed by atoms with van der Waals surface area (Å²) in [5.41, 5.74) is 1.62. The quantitative estimate of drug-likeness (QED) is 0.913. The molecule has 1 N–H and O–H groups in total. The second kappa shape index (κ2) is 6.22. The maximum absolute atomic E-state index is 12.4. The highest BCUT2D eigenvalue weighted by Crippen LogP contribution is 2.29. The number of amides is 2. The summed E-state index contributed by atoms with van der Waals surface area (Å²) >= 11 is 0. The van der Waals surface area contributed by atoms with E-state index >= 15 is 0 Å². The lowest BCUT2D eigenvalue weighted by Gasteiger charge is -2.23. The molecule has 0 bridgehead atoms. The molecule has 0 radical (unpaired) electrons. The van der Waals surface area contributed by atoms with Crippen LogP contribution in [0.2, 0.25) is 0 Å². The van der Waals surface area contributed by atoms with Gasteiger partial charge < -0.3 is 10.2 Å². The second-order valence-electron chi connectivity index (χ2n) is 6.66. The fourth-order valence-corrected chi connectivity index (χ4v) is 3.80. The highest BCUT2D eigenvalue weighted by Gasteiger charge is 2.38. The first-order valence-electron chi connectivity index (χ1n) is 8.57. The topological polar surface area (TPSA) is 79.6 Å². The molecular weight excluding hydrogens is 306 g/mol. The Morgan fingerprint density at radius 1 is 1.33 bits per heavy atom. The Kier molecular flexibility index (Phi) is 3.92. The number of aromatic nitrogens is 3. The molecular formula is C17H21N5O2. The monoisotopic (exact) mass is 327 g/mol. The van der Waals surface area contributed by atoms with Crippen LogP contribution >= 0.6 is 0 Å². The highest BCUT2D eigenvalue weighted by molar-refractivity contribution is 5.89. The van der Waals surface area contributed by atoms with Crippen LogP contribution in [-0.2, 0) is 16.1 Å². The van der Waals surface area contributed by atoms with Crippen molar-refractivity contribution in [1.29, 1.82) is 0 Å². The summed E-state index contributed by atoms with van der Waals surface area (Å²) in [5.74, 6) is -0.174. The van der Waals surface area contributed by atoms with E-state index in [1.54, 1.807) is 16.9 Å². The third kappa shape index (κ3) is 2.74. The summed E-state index contributed by atoms with van der Waals surface area (Å²) in [4.78, 5) is 30.9. The number of nitrogens with one attached hydrogen (secondary N) is 1. The molecule has 3 heterocycles. The first-order valence-corrected chi connectivity index (χ1v) is 8.57. The largest absolute Gasteiger partial charge is 0.352 e. The summed E-state index contributed by atoms with van der Waals surface area (Å²) in [6, 6.07) is 2.16. The van der Waals surface area contributed by atoms with Gasteiger partial charge in [-0.15, -0.1) is 0 Å². The third-order valence-corrected chi connectivity index (χ3v) is 5.10. The highest BCUT2D eigenvalue weighted by atomic mass is 16.2. The molecule has 126 valence electrons. The first-order chi connectivity index (χ1) is 11.7. The number of likely N-dealkylation sites (tertiary alicyclic amines) is 1. The zero-order chi connectivity index (χ0) is 16.5. The predicted octanol–water partition coefficient (Wildman–Crippen LogP) is 1.14. The number of fused-ring (bicyclic) bond motifs is 1. The van der Waals surface area contributed by atoms with E-state index in [-0.39, 0.29) is 17.7 Å². The molecule has 0 aromatic carbocycles. The second-order valence-corrected chi connectivity index (χ2v) is 6.66. The van der Waals surface area contributed by atoms with Crippen LogP contribution in [0.25, 0.3) is 5.65 Å². The van der Waals surface area contributed by atoms with Crippen molar-refractivity contribution in [3.05, 3.63) is 30.2 Å². The standard InChI is InChI=1S/C17H21N5O2/c23-15-8-12(11-21(15)14-4-1-2-5-14)17(24)19-9-13-10-20-22-7-3-6-18-16(13)22/h3,6-7,10,12,14H,1-2,4-5,8-9,11H2,(H,19,24)/t12-/m0/s1. The number of hydrogen-bond acceptors (Lipinski definition) is 4. The number of rotatable bonds is 4. The van der Waals surface area contributed by atoms with Gasteiger partial charge in [0.2, 0.25) is 11.8 Å². The normalized spacial score (nSPS) is 21.8. The van der Waals surface area contributed by atoms with Crippen molar-refractivity contribution >= 4 is 17.5 Å². The Balaban J connectivity index is 1.37. The fourth-order valence-electron chi connectivity index (χ4n) is 3.80. The Hall–Kier alpha value is -2.44. The van der Waals surface area contributed by atoms with Crippen molar-refractivity contribution in [2.45, 2.75) is 44.7 Å². The van der Waals surface area contributed by atoms with Crippen LogP contribution in [0.4, 0.5) is 0 Å². The maximum atomic E-state index is 12.4. The van der Waals surface area contributed by atoms with Gasteiger partial charge >= 0.3 is 0 Å². The molecule has 2 amide bonds. The van der Waals surface area contributed by atoms with Gasteiger partial charge in [0, 0.05) is 43.5 Å². The predicted molar refractivity (Wildman–Crippen MR) is 86.9 cm³/mol. The van der Waals surface area contributed by atoms with Gasteiger partial charge in [-0.25, -0.2) is 9.50 Å². The van der Waals surface area contributed by atoms with Gasteiger partial charge in [-0.1, -0.05) is 12.8 Å². The molecule has 1 atom stereocenters. The van der Waals surface area contributed by atoms with Gasteiger partial charge in [0.1, 0.15) is 0 Å². The fraction of sp³-hybridized carbons (Fsp3) is 0.529. The van der Waals surface area contributed by atoms with Gasteiger partial charge in [0.25, 0.3) is 0 Å². The molecule has 7 nitrogen and oxygen atoms in total. The Morgan fingerprint density at radius 3 is 3.00 bits per heavy atom. The van der Waals surface area contributed by atoms with Crippen molar-refractivity contribution < 1.29 is 9.59 Å². The minimum Gasteiger partial charge on any atom is -0.352 e. The van der Waals surface area contributed by atoms with E-state index in [0.29, 0.717) is 25.6 Å². The summed E-state index contributed by atoms with van der Waals surface area (Å²) in [6.07, 6.45) is 10.1. The lowest BCUT2D eigenvalue weighted by molar-refractivity contribution is -0.130. The van der Waals surface area contributed by atoms with Crippen molar-refractivity contribution in [3.8, 4) is 0 Å². The first kappa shape index (κ1) is 15.1. The molecule has 24 heavy (non-hydrogen) atoms. The summed E-state index contributed by atoms with van der Waals surface area (Å²) in [7, 11) is 0. The maximum Gasteiger partial charge on any atom is 0.225 e. The number of carbonyl (C=O) groups is 2. The average Bonchev–Trinajstić information content (AvgIpc) is 3.32. The molecule has 4 rings (SSSR count). The third-order valence-electron chi connectivity index (χ3n) is 5.10. The lowest BCUT2D eigenvalue weighted by Crippen LogP contribution is -2.36. The molecule has 1 aliphatic carbocycles.